The fraction of sp³-hybridized carbons (Fsp3) is 0.571. The number of hydrogen-bond donors (Lipinski definition) is 4. The van der Waals surface area contributed by atoms with Gasteiger partial charge in [0.25, 0.3) is 0 Å². The van der Waals surface area contributed by atoms with Gasteiger partial charge >= 0.3 is 17.8 Å². The number of unbranched alkanes of at least 4 members (excludes halogenated alkanes) is 1. The number of carboxylic acids is 2. The van der Waals surface area contributed by atoms with Crippen LogP contribution in [0.15, 0.2) is 24.3 Å². The molecule has 30 heavy (non-hydrogen) atoms. The van der Waals surface area contributed by atoms with Crippen LogP contribution in [-0.2, 0) is 20.8 Å². The fourth-order valence-corrected chi connectivity index (χ4v) is 4.62. The van der Waals surface area contributed by atoms with Crippen LogP contribution in [0, 0.1) is 0 Å². The van der Waals surface area contributed by atoms with E-state index in [1.54, 1.807) is 24.3 Å². The molecule has 1 aromatic carbocycles. The Kier molecular flexibility index (Phi) is 8.78. The SMILES string of the molecule is NCCCC[C@H](N)C(=O)[N+]1(C(CCc2ccc(Cl)cc2)C(=O)O)CCC[C@H]1C(=O)O. The molecule has 1 saturated heterocycles. The van der Waals surface area contributed by atoms with Crippen LogP contribution in [0.3, 0.4) is 0 Å². The number of rotatable bonds is 11. The molecule has 0 aromatic heterocycles. The van der Waals surface area contributed by atoms with Crippen molar-refractivity contribution in [1.82, 2.24) is 0 Å². The molecule has 0 radical (unpaired) electrons. The van der Waals surface area contributed by atoms with E-state index in [4.69, 9.17) is 23.1 Å². The highest BCUT2D eigenvalue weighted by Crippen LogP contribution is 2.35. The third-order valence-electron chi connectivity index (χ3n) is 6.00. The molecule has 6 N–H and O–H groups in total. The number of aryl methyl sites for hydroxylation is 1. The summed E-state index contributed by atoms with van der Waals surface area (Å²) >= 11 is 5.90. The Hall–Kier alpha value is -2.00. The number of likely N-dealkylation sites (tertiary alicyclic amines) is 1. The Balaban J connectivity index is 2.34. The molecule has 1 aliphatic heterocycles. The summed E-state index contributed by atoms with van der Waals surface area (Å²) < 4.78 is -0.623. The first kappa shape index (κ1) is 24.3. The van der Waals surface area contributed by atoms with Gasteiger partial charge in [-0.2, -0.15) is 0 Å². The zero-order chi connectivity index (χ0) is 22.3. The van der Waals surface area contributed by atoms with E-state index in [1.807, 2.05) is 0 Å². The molecule has 1 heterocycles. The lowest BCUT2D eigenvalue weighted by molar-refractivity contribution is -0.875. The summed E-state index contributed by atoms with van der Waals surface area (Å²) in [5, 5.41) is 20.4. The quantitative estimate of drug-likeness (QED) is 0.303. The second-order valence-corrected chi connectivity index (χ2v) is 8.34. The zero-order valence-electron chi connectivity index (χ0n) is 17.0. The molecule has 166 valence electrons. The summed E-state index contributed by atoms with van der Waals surface area (Å²) in [6.07, 6.45) is 2.90. The molecule has 4 atom stereocenters. The van der Waals surface area contributed by atoms with Crippen LogP contribution < -0.4 is 11.5 Å². The van der Waals surface area contributed by atoms with Crippen LogP contribution in [0.1, 0.15) is 44.1 Å². The molecule has 0 bridgehead atoms. The summed E-state index contributed by atoms with van der Waals surface area (Å²) in [7, 11) is 0. The summed E-state index contributed by atoms with van der Waals surface area (Å²) in [6, 6.07) is 3.81. The highest BCUT2D eigenvalue weighted by Gasteiger charge is 2.59. The van der Waals surface area contributed by atoms with Crippen LogP contribution in [0.4, 0.5) is 0 Å². The van der Waals surface area contributed by atoms with E-state index in [9.17, 15) is 24.6 Å². The third kappa shape index (κ3) is 5.37. The van der Waals surface area contributed by atoms with Crippen molar-refractivity contribution in [3.8, 4) is 0 Å². The average Bonchev–Trinajstić information content (AvgIpc) is 3.14. The van der Waals surface area contributed by atoms with Crippen molar-refractivity contribution >= 4 is 29.4 Å². The van der Waals surface area contributed by atoms with Gasteiger partial charge in [0, 0.05) is 24.3 Å². The minimum absolute atomic E-state index is 0.127. The molecule has 8 nitrogen and oxygen atoms in total. The molecular formula is C21H31ClN3O5+. The van der Waals surface area contributed by atoms with Crippen molar-refractivity contribution in [3.63, 3.8) is 0 Å². The number of nitrogens with zero attached hydrogens (tertiary/aromatic N) is 1. The van der Waals surface area contributed by atoms with E-state index in [0.29, 0.717) is 43.7 Å². The molecule has 2 unspecified atom stereocenters. The highest BCUT2D eigenvalue weighted by molar-refractivity contribution is 6.30. The van der Waals surface area contributed by atoms with E-state index in [2.05, 4.69) is 0 Å². The van der Waals surface area contributed by atoms with E-state index in [-0.39, 0.29) is 19.4 Å². The predicted molar refractivity (Wildman–Crippen MR) is 113 cm³/mol. The molecule has 0 saturated carbocycles. The molecular weight excluding hydrogens is 410 g/mol. The maximum atomic E-state index is 13.5. The van der Waals surface area contributed by atoms with Crippen LogP contribution in [-0.4, -0.2) is 63.8 Å². The molecule has 0 spiro atoms. The number of carbonyl (C=O) groups excluding carboxylic acids is 1. The summed E-state index contributed by atoms with van der Waals surface area (Å²) in [6.45, 7) is 0.634. The highest BCUT2D eigenvalue weighted by atomic mass is 35.5. The number of hydrogen-bond acceptors (Lipinski definition) is 5. The maximum Gasteiger partial charge on any atom is 0.363 e. The Labute approximate surface area is 181 Å². The molecule has 1 aromatic rings. The smallest absolute Gasteiger partial charge is 0.363 e. The number of amides is 1. The van der Waals surface area contributed by atoms with Crippen LogP contribution >= 0.6 is 11.6 Å². The van der Waals surface area contributed by atoms with Crippen molar-refractivity contribution in [1.29, 1.82) is 0 Å². The third-order valence-corrected chi connectivity index (χ3v) is 6.26. The standard InChI is InChI=1S/C21H30ClN3O5/c22-15-9-6-14(7-10-15)8-11-18(21(29)30)25(13-3-5-17(25)20(27)28)19(26)16(24)4-1-2-12-23/h6-7,9-10,16-18H,1-5,8,11-13,23-24H2,(H-,27,28,29,30)/p+1/t16-,17-,18?,25?/m0/s1. The molecule has 1 amide bonds. The minimum atomic E-state index is -1.18. The van der Waals surface area contributed by atoms with E-state index in [1.165, 1.54) is 0 Å². The van der Waals surface area contributed by atoms with Crippen LogP contribution in [0.5, 0.6) is 0 Å². The first-order chi connectivity index (χ1) is 14.2. The average molecular weight is 441 g/mol. The van der Waals surface area contributed by atoms with Gasteiger partial charge in [0.1, 0.15) is 6.04 Å². The number of carboxylic acid groups (broad SMARTS) is 2. The Bertz CT molecular complexity index is 758. The largest absolute Gasteiger partial charge is 0.477 e. The Morgan fingerprint density at radius 3 is 2.37 bits per heavy atom. The van der Waals surface area contributed by atoms with Gasteiger partial charge in [0.05, 0.1) is 6.54 Å². The lowest BCUT2D eigenvalue weighted by atomic mass is 9.97. The predicted octanol–water partition coefficient (Wildman–Crippen LogP) is 1.77. The number of quaternary nitrogens is 1. The van der Waals surface area contributed by atoms with Gasteiger partial charge in [-0.3, -0.25) is 0 Å². The summed E-state index contributed by atoms with van der Waals surface area (Å²) in [5.74, 6) is -2.84. The van der Waals surface area contributed by atoms with E-state index in [0.717, 1.165) is 5.56 Å². The second-order valence-electron chi connectivity index (χ2n) is 7.90. The number of aliphatic carboxylic acids is 2. The topological polar surface area (TPSA) is 144 Å². The summed E-state index contributed by atoms with van der Waals surface area (Å²) in [5.41, 5.74) is 12.5. The maximum absolute atomic E-state index is 13.5. The van der Waals surface area contributed by atoms with Crippen molar-refractivity contribution in [3.05, 3.63) is 34.9 Å². The van der Waals surface area contributed by atoms with Crippen molar-refractivity contribution in [2.75, 3.05) is 13.1 Å². The van der Waals surface area contributed by atoms with Gasteiger partial charge in [-0.1, -0.05) is 23.7 Å². The molecule has 2 rings (SSSR count). The van der Waals surface area contributed by atoms with E-state index < -0.39 is 40.5 Å². The number of benzene rings is 1. The van der Waals surface area contributed by atoms with Crippen LogP contribution in [0.2, 0.25) is 5.02 Å². The normalized spacial score (nSPS) is 23.1. The molecule has 1 aliphatic rings. The van der Waals surface area contributed by atoms with E-state index >= 15 is 0 Å². The van der Waals surface area contributed by atoms with Gasteiger partial charge in [0.2, 0.25) is 0 Å². The van der Waals surface area contributed by atoms with Crippen molar-refractivity contribution in [2.24, 2.45) is 11.5 Å². The lowest BCUT2D eigenvalue weighted by Gasteiger charge is -2.41. The summed E-state index contributed by atoms with van der Waals surface area (Å²) in [4.78, 5) is 37.7. The number of halogens is 1. The number of carbonyl (C=O) groups is 3. The van der Waals surface area contributed by atoms with Gasteiger partial charge in [-0.15, -0.1) is 0 Å². The van der Waals surface area contributed by atoms with Gasteiger partial charge in [-0.05, 0) is 49.9 Å². The van der Waals surface area contributed by atoms with Crippen LogP contribution in [0.25, 0.3) is 0 Å². The number of nitrogens with two attached hydrogens (primary N) is 2. The molecule has 9 heteroatoms. The fourth-order valence-electron chi connectivity index (χ4n) is 4.49. The van der Waals surface area contributed by atoms with Gasteiger partial charge in [-0.25, -0.2) is 18.9 Å². The van der Waals surface area contributed by atoms with Gasteiger partial charge in [0.15, 0.2) is 12.1 Å². The molecule has 1 fully saturated rings. The first-order valence-electron chi connectivity index (χ1n) is 10.3. The first-order valence-corrected chi connectivity index (χ1v) is 10.7. The zero-order valence-corrected chi connectivity index (χ0v) is 17.8. The van der Waals surface area contributed by atoms with Gasteiger partial charge < -0.3 is 21.7 Å². The minimum Gasteiger partial charge on any atom is -0.477 e. The monoisotopic (exact) mass is 440 g/mol. The molecule has 0 aliphatic carbocycles. The van der Waals surface area contributed by atoms with Crippen molar-refractivity contribution < 1.29 is 29.1 Å². The second kappa shape index (κ2) is 10.9. The Morgan fingerprint density at radius 1 is 1.13 bits per heavy atom. The lowest BCUT2D eigenvalue weighted by Crippen LogP contribution is -2.69. The Morgan fingerprint density at radius 2 is 1.80 bits per heavy atom. The van der Waals surface area contributed by atoms with Crippen molar-refractivity contribution in [2.45, 2.75) is 63.1 Å².